The average Bonchev–Trinajstić information content (AvgIpc) is 3.59. The van der Waals surface area contributed by atoms with Crippen LogP contribution in [0, 0.1) is 17.8 Å². The van der Waals surface area contributed by atoms with Crippen molar-refractivity contribution < 1.29 is 18.0 Å². The second-order valence-corrected chi connectivity index (χ2v) is 8.03. The number of rotatable bonds is 6. The van der Waals surface area contributed by atoms with Crippen molar-refractivity contribution in [3.63, 3.8) is 0 Å². The lowest BCUT2D eigenvalue weighted by atomic mass is 9.93. The number of carbonyl (C=O) groups excluding carboxylic acids is 1. The number of aromatic nitrogens is 1. The largest absolute Gasteiger partial charge is 0.416 e. The van der Waals surface area contributed by atoms with E-state index in [-0.39, 0.29) is 11.1 Å². The van der Waals surface area contributed by atoms with Gasteiger partial charge in [-0.1, -0.05) is 6.07 Å². The number of carbonyl (C=O) groups is 1. The summed E-state index contributed by atoms with van der Waals surface area (Å²) in [5.74, 6) is 1.90. The van der Waals surface area contributed by atoms with E-state index in [2.05, 4.69) is 15.3 Å². The summed E-state index contributed by atoms with van der Waals surface area (Å²) in [6.45, 7) is 0. The zero-order valence-electron chi connectivity index (χ0n) is 16.2. The molecule has 0 bridgehead atoms. The van der Waals surface area contributed by atoms with Crippen LogP contribution in [0.2, 0.25) is 0 Å². The third-order valence-corrected chi connectivity index (χ3v) is 5.62. The topological polar surface area (TPSA) is 74.3 Å². The number of hydrogen-bond acceptors (Lipinski definition) is 3. The van der Waals surface area contributed by atoms with Crippen LogP contribution in [0.5, 0.6) is 0 Å². The van der Waals surface area contributed by atoms with Gasteiger partial charge in [-0.15, -0.1) is 0 Å². The number of amidine groups is 1. The molecule has 4 rings (SSSR count). The molecule has 0 unspecified atom stereocenters. The minimum atomic E-state index is -4.46. The number of aliphatic imine (C=N–C) groups is 1. The molecule has 5 nitrogen and oxygen atoms in total. The van der Waals surface area contributed by atoms with Gasteiger partial charge in [0.05, 0.1) is 5.56 Å². The Morgan fingerprint density at radius 1 is 1.07 bits per heavy atom. The molecule has 1 amide bonds. The van der Waals surface area contributed by atoms with Gasteiger partial charge >= 0.3 is 6.18 Å². The number of benzene rings is 1. The highest BCUT2D eigenvalue weighted by molar-refractivity contribution is 6.07. The van der Waals surface area contributed by atoms with Gasteiger partial charge in [-0.25, -0.2) is 4.99 Å². The lowest BCUT2D eigenvalue weighted by Gasteiger charge is -2.18. The zero-order valence-corrected chi connectivity index (χ0v) is 16.2. The minimum Gasteiger partial charge on any atom is -0.310 e. The van der Waals surface area contributed by atoms with E-state index < -0.39 is 17.6 Å². The van der Waals surface area contributed by atoms with Gasteiger partial charge in [-0.05, 0) is 73.8 Å². The Bertz CT molecular complexity index is 991. The van der Waals surface area contributed by atoms with Crippen molar-refractivity contribution >= 4 is 17.6 Å². The van der Waals surface area contributed by atoms with E-state index in [0.29, 0.717) is 35.8 Å². The predicted octanol–water partition coefficient (Wildman–Crippen LogP) is 4.68. The van der Waals surface area contributed by atoms with E-state index in [9.17, 15) is 22.8 Å². The van der Waals surface area contributed by atoms with Crippen molar-refractivity contribution in [3.8, 4) is 0 Å². The fourth-order valence-corrected chi connectivity index (χ4v) is 3.78. The van der Waals surface area contributed by atoms with E-state index in [0.717, 1.165) is 24.3 Å². The average molecular weight is 417 g/mol. The number of pyridine rings is 1. The van der Waals surface area contributed by atoms with E-state index in [4.69, 9.17) is 0 Å². The van der Waals surface area contributed by atoms with Crippen molar-refractivity contribution in [2.24, 2.45) is 22.7 Å². The van der Waals surface area contributed by atoms with Gasteiger partial charge in [-0.3, -0.25) is 9.59 Å². The molecular weight excluding hydrogens is 395 g/mol. The number of nitrogens with zero attached hydrogens (tertiary/aromatic N) is 1. The maximum atomic E-state index is 12.8. The first kappa shape index (κ1) is 20.4. The number of hydrogen-bond donors (Lipinski definition) is 2. The number of aromatic amines is 1. The summed E-state index contributed by atoms with van der Waals surface area (Å²) in [6.07, 6.45) is 0.793. The molecule has 2 fully saturated rings. The monoisotopic (exact) mass is 417 g/mol. The lowest BCUT2D eigenvalue weighted by Crippen LogP contribution is -2.33. The number of alkyl halides is 3. The van der Waals surface area contributed by atoms with E-state index >= 15 is 0 Å². The summed E-state index contributed by atoms with van der Waals surface area (Å²) in [5.41, 5.74) is -0.991. The normalized spacial score (nSPS) is 17.3. The second kappa shape index (κ2) is 8.08. The van der Waals surface area contributed by atoms with Crippen molar-refractivity contribution in [2.75, 3.05) is 0 Å². The van der Waals surface area contributed by atoms with Crippen LogP contribution in [-0.2, 0) is 6.18 Å². The summed E-state index contributed by atoms with van der Waals surface area (Å²) in [4.78, 5) is 31.3. The molecule has 2 saturated carbocycles. The Hall–Kier alpha value is -2.90. The molecule has 1 aromatic carbocycles. The number of nitrogens with one attached hydrogen (secondary N) is 2. The number of H-pyrrole nitrogens is 1. The highest BCUT2D eigenvalue weighted by Crippen LogP contribution is 2.50. The molecular formula is C22H22F3N3O2. The van der Waals surface area contributed by atoms with Gasteiger partial charge in [0.1, 0.15) is 11.7 Å². The smallest absolute Gasteiger partial charge is 0.310 e. The second-order valence-electron chi connectivity index (χ2n) is 8.03. The van der Waals surface area contributed by atoms with Gasteiger partial charge < -0.3 is 10.3 Å². The summed E-state index contributed by atoms with van der Waals surface area (Å²) in [6, 6.07) is 8.66. The van der Waals surface area contributed by atoms with Gasteiger partial charge in [0.25, 0.3) is 5.91 Å². The van der Waals surface area contributed by atoms with Crippen molar-refractivity contribution in [2.45, 2.75) is 38.3 Å². The van der Waals surface area contributed by atoms with Crippen LogP contribution in [0.1, 0.15) is 48.0 Å². The Morgan fingerprint density at radius 2 is 1.70 bits per heavy atom. The van der Waals surface area contributed by atoms with E-state index in [1.54, 1.807) is 12.1 Å². The van der Waals surface area contributed by atoms with Crippen LogP contribution in [0.3, 0.4) is 0 Å². The number of amides is 1. The van der Waals surface area contributed by atoms with Crippen LogP contribution in [0.4, 0.5) is 19.0 Å². The SMILES string of the molecule is O=C(NC(CC(C1CC1)C1CC1)=Nc1cccc(=O)[nH]1)c1ccc(C(F)(F)F)cc1. The summed E-state index contributed by atoms with van der Waals surface area (Å²) in [5, 5.41) is 2.76. The van der Waals surface area contributed by atoms with Crippen LogP contribution in [0.25, 0.3) is 0 Å². The Labute approximate surface area is 171 Å². The van der Waals surface area contributed by atoms with Crippen molar-refractivity contribution in [3.05, 3.63) is 63.9 Å². The van der Waals surface area contributed by atoms with Gasteiger partial charge in [0, 0.05) is 18.1 Å². The number of halogens is 3. The molecule has 0 atom stereocenters. The molecule has 0 saturated heterocycles. The molecule has 2 N–H and O–H groups in total. The zero-order chi connectivity index (χ0) is 21.3. The fourth-order valence-electron chi connectivity index (χ4n) is 3.78. The molecule has 0 aliphatic heterocycles. The maximum absolute atomic E-state index is 12.8. The molecule has 2 aromatic rings. The van der Waals surface area contributed by atoms with Crippen LogP contribution in [0.15, 0.2) is 52.3 Å². The van der Waals surface area contributed by atoms with E-state index in [1.165, 1.54) is 31.7 Å². The first-order valence-electron chi connectivity index (χ1n) is 10.0. The maximum Gasteiger partial charge on any atom is 0.416 e. The van der Waals surface area contributed by atoms with Gasteiger partial charge in [0.15, 0.2) is 0 Å². The van der Waals surface area contributed by atoms with Gasteiger partial charge in [-0.2, -0.15) is 13.2 Å². The fraction of sp³-hybridized carbons (Fsp3) is 0.409. The molecule has 0 radical (unpaired) electrons. The van der Waals surface area contributed by atoms with Crippen molar-refractivity contribution in [1.82, 2.24) is 10.3 Å². The Balaban J connectivity index is 1.55. The molecule has 30 heavy (non-hydrogen) atoms. The molecule has 158 valence electrons. The third-order valence-electron chi connectivity index (χ3n) is 5.62. The highest BCUT2D eigenvalue weighted by atomic mass is 19.4. The first-order valence-corrected chi connectivity index (χ1v) is 10.0. The van der Waals surface area contributed by atoms with E-state index in [1.807, 2.05) is 0 Å². The Kier molecular flexibility index (Phi) is 5.49. The van der Waals surface area contributed by atoms with Gasteiger partial charge in [0.2, 0.25) is 5.56 Å². The molecule has 8 heteroatoms. The quantitative estimate of drug-likeness (QED) is 0.529. The first-order chi connectivity index (χ1) is 14.3. The summed E-state index contributed by atoms with van der Waals surface area (Å²) < 4.78 is 38.3. The van der Waals surface area contributed by atoms with Crippen molar-refractivity contribution in [1.29, 1.82) is 0 Å². The Morgan fingerprint density at radius 3 is 2.23 bits per heavy atom. The molecule has 0 spiro atoms. The molecule has 1 heterocycles. The van der Waals surface area contributed by atoms with Crippen LogP contribution >= 0.6 is 0 Å². The summed E-state index contributed by atoms with van der Waals surface area (Å²) in [7, 11) is 0. The minimum absolute atomic E-state index is 0.117. The van der Waals surface area contributed by atoms with Crippen LogP contribution < -0.4 is 10.9 Å². The summed E-state index contributed by atoms with van der Waals surface area (Å²) >= 11 is 0. The molecule has 1 aromatic heterocycles. The lowest BCUT2D eigenvalue weighted by molar-refractivity contribution is -0.137. The molecule has 2 aliphatic carbocycles. The predicted molar refractivity (Wildman–Crippen MR) is 107 cm³/mol. The standard InChI is InChI=1S/C22H22F3N3O2/c23-22(24,25)16-10-8-15(9-11-16)21(30)28-19(26-18-2-1-3-20(29)27-18)12-17(13-4-5-13)14-6-7-14/h1-3,8-11,13-14,17H,4-7,12H2,(H2,26,27,28,29,30). The third kappa shape index (κ3) is 5.17. The molecule has 2 aliphatic rings. The van der Waals surface area contributed by atoms with Crippen LogP contribution in [-0.4, -0.2) is 16.7 Å². The highest BCUT2D eigenvalue weighted by Gasteiger charge is 2.42.